The summed E-state index contributed by atoms with van der Waals surface area (Å²) in [5.41, 5.74) is 4.67. The lowest BCUT2D eigenvalue weighted by Crippen LogP contribution is -2.56. The third-order valence-corrected chi connectivity index (χ3v) is 20.9. The first-order valence-electron chi connectivity index (χ1n) is 28.4. The van der Waals surface area contributed by atoms with Crippen LogP contribution < -0.4 is 15.4 Å². The molecular formula is C60H82N4O9S. The lowest BCUT2D eigenvalue weighted by atomic mass is 9.57. The molecule has 13 nitrogen and oxygen atoms in total. The van der Waals surface area contributed by atoms with Crippen LogP contribution in [0.1, 0.15) is 191 Å². The normalized spacial score (nSPS) is 29.2. The van der Waals surface area contributed by atoms with Crippen molar-refractivity contribution in [2.24, 2.45) is 21.7 Å². The number of ether oxygens (including phenoxy) is 2. The molecule has 10 aliphatic rings. The van der Waals surface area contributed by atoms with Crippen molar-refractivity contribution in [1.82, 2.24) is 20.6 Å². The van der Waals surface area contributed by atoms with Gasteiger partial charge in [0.25, 0.3) is 10.1 Å². The second-order valence-electron chi connectivity index (χ2n) is 24.7. The highest BCUT2D eigenvalue weighted by Crippen LogP contribution is 2.55. The number of aromatic nitrogens is 2. The molecule has 2 aromatic heterocycles. The average molecular weight is 1040 g/mol. The largest absolute Gasteiger partial charge is 0.508 e. The Morgan fingerprint density at radius 1 is 0.581 bits per heavy atom. The van der Waals surface area contributed by atoms with Crippen molar-refractivity contribution in [3.63, 3.8) is 0 Å². The Kier molecular flexibility index (Phi) is 15.5. The van der Waals surface area contributed by atoms with E-state index in [1.54, 1.807) is 12.1 Å². The number of hydrogen-bond acceptors (Lipinski definition) is 12. The van der Waals surface area contributed by atoms with E-state index in [2.05, 4.69) is 45.9 Å². The van der Waals surface area contributed by atoms with E-state index in [1.807, 2.05) is 18.2 Å². The van der Waals surface area contributed by atoms with Gasteiger partial charge in [-0.3, -0.25) is 23.7 Å². The van der Waals surface area contributed by atoms with Crippen LogP contribution >= 0.6 is 0 Å². The Balaban J connectivity index is 0.000000137. The number of carbonyl (C=O) groups is 2. The summed E-state index contributed by atoms with van der Waals surface area (Å²) in [6, 6.07) is 19.9. The molecule has 10 saturated carbocycles. The van der Waals surface area contributed by atoms with Crippen LogP contribution in [0.15, 0.2) is 60.7 Å². The van der Waals surface area contributed by atoms with Crippen molar-refractivity contribution in [3.8, 4) is 11.5 Å². The number of carbonyl (C=O) groups excluding carboxylic acids is 1. The van der Waals surface area contributed by atoms with Gasteiger partial charge in [-0.15, -0.1) is 0 Å². The molecule has 0 unspecified atom stereocenters. The molecule has 0 amide bonds. The molecule has 4 N–H and O–H groups in total. The zero-order valence-corrected chi connectivity index (χ0v) is 45.0. The van der Waals surface area contributed by atoms with Crippen LogP contribution in [-0.2, 0) is 41.7 Å². The summed E-state index contributed by atoms with van der Waals surface area (Å²) in [6.07, 6.45) is 32.8. The van der Waals surface area contributed by atoms with E-state index in [-0.39, 0.29) is 34.3 Å². The molecule has 14 heteroatoms. The van der Waals surface area contributed by atoms with E-state index in [4.69, 9.17) is 18.6 Å². The number of hydrogen-bond donors (Lipinski definition) is 4. The van der Waals surface area contributed by atoms with Crippen LogP contribution in [0.2, 0.25) is 0 Å². The Morgan fingerprint density at radius 2 is 1.03 bits per heavy atom. The Labute approximate surface area is 439 Å². The van der Waals surface area contributed by atoms with Crippen LogP contribution in [-0.4, -0.2) is 77.2 Å². The number of nitrogens with one attached hydrogen (secondary N) is 2. The van der Waals surface area contributed by atoms with E-state index >= 15 is 0 Å². The summed E-state index contributed by atoms with van der Waals surface area (Å²) in [7, 11) is -1.76. The molecule has 4 aromatic rings. The van der Waals surface area contributed by atoms with Gasteiger partial charge in [-0.05, 0) is 213 Å². The van der Waals surface area contributed by atoms with E-state index in [9.17, 15) is 28.2 Å². The van der Waals surface area contributed by atoms with Gasteiger partial charge in [0.2, 0.25) is 0 Å². The zero-order chi connectivity index (χ0) is 51.7. The molecule has 14 rings (SSSR count). The van der Waals surface area contributed by atoms with E-state index in [0.29, 0.717) is 16.9 Å². The lowest BCUT2D eigenvalue weighted by Gasteiger charge is -2.52. The highest BCUT2D eigenvalue weighted by molar-refractivity contribution is 7.86. The summed E-state index contributed by atoms with van der Waals surface area (Å²) in [5.74, 6) is 0.608. The quantitative estimate of drug-likeness (QED) is 0.0776. The van der Waals surface area contributed by atoms with Crippen molar-refractivity contribution in [1.29, 1.82) is 0 Å². The minimum atomic E-state index is -3.26. The molecular weight excluding hydrogens is 953 g/mol. The number of methoxy groups -OCH3 is 1. The number of benzene rings is 2. The first-order valence-corrected chi connectivity index (χ1v) is 30.2. The van der Waals surface area contributed by atoms with Gasteiger partial charge in [0, 0.05) is 34.9 Å². The summed E-state index contributed by atoms with van der Waals surface area (Å²) >= 11 is 0. The molecule has 0 saturated heterocycles. The smallest absolute Gasteiger partial charge is 0.311 e. The number of carboxylic acid groups (broad SMARTS) is 1. The van der Waals surface area contributed by atoms with Gasteiger partial charge < -0.3 is 30.3 Å². The molecule has 2 aromatic carbocycles. The fraction of sp³-hybridized carbons (Fsp3) is 0.667. The van der Waals surface area contributed by atoms with Crippen molar-refractivity contribution >= 4 is 43.9 Å². The number of phenols is 1. The summed E-state index contributed by atoms with van der Waals surface area (Å²) < 4.78 is 38.5. The number of rotatable bonds is 12. The maximum absolute atomic E-state index is 12.1. The van der Waals surface area contributed by atoms with Gasteiger partial charge in [0.1, 0.15) is 11.5 Å². The van der Waals surface area contributed by atoms with E-state index in [0.717, 1.165) is 161 Å². The number of fused-ring (bicyclic) bond motifs is 8. The number of aliphatic carboxylic acids is 1. The Morgan fingerprint density at radius 3 is 1.49 bits per heavy atom. The highest BCUT2D eigenvalue weighted by atomic mass is 32.2. The molecule has 0 atom stereocenters. The minimum absolute atomic E-state index is 0.0275. The van der Waals surface area contributed by atoms with Gasteiger partial charge in [-0.2, -0.15) is 8.42 Å². The predicted molar refractivity (Wildman–Crippen MR) is 287 cm³/mol. The van der Waals surface area contributed by atoms with Gasteiger partial charge in [0.05, 0.1) is 58.8 Å². The maximum atomic E-state index is 12.1. The molecule has 0 radical (unpaired) electrons. The highest BCUT2D eigenvalue weighted by Gasteiger charge is 2.54. The molecule has 74 heavy (non-hydrogen) atoms. The summed E-state index contributed by atoms with van der Waals surface area (Å²) in [6.45, 7) is 1.46. The lowest BCUT2D eigenvalue weighted by molar-refractivity contribution is -0.160. The standard InChI is InChI=1S/C29H38N2O3.C20H24N2O3.C11H20O3S/c32-26(33)28-13-16-29(17-14-28,18-15-28)30-20-22-4-3-21-19-24(5-6-25(21)31-22)34-23-7-11-27(12-8-23)9-1-2-10-27;1-25-18(24)19-6-9-20(10-7-19,11-8-19)21-13-15-3-2-14-12-16(23)4-5-17(14)22-15;1-15(12,13)14-10-4-8-11(9-5-10)6-2-3-7-11/h3-6,19,23,30H,1-2,7-18,20H2,(H,32,33);2-5,12,21,23H,6-11,13H2,1H3;10H,2-9H2,1H3. The van der Waals surface area contributed by atoms with Gasteiger partial charge in [-0.1, -0.05) is 37.8 Å². The fourth-order valence-electron chi connectivity index (χ4n) is 15.2. The van der Waals surface area contributed by atoms with Crippen molar-refractivity contribution in [2.75, 3.05) is 13.4 Å². The van der Waals surface area contributed by atoms with Crippen LogP contribution in [0.4, 0.5) is 0 Å². The molecule has 402 valence electrons. The van der Waals surface area contributed by atoms with Crippen LogP contribution in [0.25, 0.3) is 21.8 Å². The molecule has 2 spiro atoms. The van der Waals surface area contributed by atoms with Crippen molar-refractivity contribution in [3.05, 3.63) is 72.1 Å². The first kappa shape index (κ1) is 53.0. The molecule has 10 fully saturated rings. The van der Waals surface area contributed by atoms with Gasteiger partial charge in [-0.25, -0.2) is 0 Å². The van der Waals surface area contributed by atoms with Crippen LogP contribution in [0, 0.1) is 21.7 Å². The topological polar surface area (TPSA) is 186 Å². The minimum Gasteiger partial charge on any atom is -0.508 e. The number of esters is 1. The average Bonchev–Trinajstić information content (AvgIpc) is 4.10. The van der Waals surface area contributed by atoms with E-state index < -0.39 is 21.5 Å². The second kappa shape index (κ2) is 21.6. The number of aromatic hydroxyl groups is 1. The first-order chi connectivity index (χ1) is 35.5. The van der Waals surface area contributed by atoms with Crippen molar-refractivity contribution in [2.45, 2.75) is 216 Å². The monoisotopic (exact) mass is 1030 g/mol. The number of phenolic OH excluding ortho intramolecular Hbond substituents is 1. The molecule has 2 heterocycles. The van der Waals surface area contributed by atoms with Crippen LogP contribution in [0.3, 0.4) is 0 Å². The Hall–Kier alpha value is -4.37. The fourth-order valence-corrected chi connectivity index (χ4v) is 15.9. The number of pyridine rings is 2. The van der Waals surface area contributed by atoms with Gasteiger partial charge in [0.15, 0.2) is 0 Å². The summed E-state index contributed by atoms with van der Waals surface area (Å²) in [5, 5.41) is 28.7. The molecule has 0 aliphatic heterocycles. The van der Waals surface area contributed by atoms with E-state index in [1.165, 1.54) is 84.2 Å². The number of carboxylic acids is 1. The maximum Gasteiger partial charge on any atom is 0.311 e. The third-order valence-electron chi connectivity index (χ3n) is 20.2. The third kappa shape index (κ3) is 11.9. The Bertz CT molecular complexity index is 2700. The zero-order valence-electron chi connectivity index (χ0n) is 44.2. The molecule has 4 bridgehead atoms. The SMILES string of the molecule is COC(=O)C12CCC(NCc3ccc4cc(O)ccc4n3)(CC1)CC2.CS(=O)(=O)OC1CCC2(CCCC2)CC1.O=C(O)C12CCC(NCc3ccc4cc(OC5CCC6(CCCC6)CC5)ccc4n3)(CC1)CC2. The molecule has 10 aliphatic carbocycles. The summed E-state index contributed by atoms with van der Waals surface area (Å²) in [4.78, 5) is 33.4. The number of nitrogens with zero attached hydrogens (tertiary/aromatic N) is 2. The second-order valence-corrected chi connectivity index (χ2v) is 26.3. The van der Waals surface area contributed by atoms with Crippen molar-refractivity contribution < 1.29 is 41.9 Å². The van der Waals surface area contributed by atoms with Gasteiger partial charge >= 0.3 is 11.9 Å². The predicted octanol–water partition coefficient (Wildman–Crippen LogP) is 12.1. The van der Waals surface area contributed by atoms with Crippen LogP contribution in [0.5, 0.6) is 11.5 Å².